The summed E-state index contributed by atoms with van der Waals surface area (Å²) in [5.41, 5.74) is 1.61. The van der Waals surface area contributed by atoms with E-state index in [4.69, 9.17) is 23.5 Å². The van der Waals surface area contributed by atoms with E-state index in [1.807, 2.05) is 48.5 Å². The molecule has 4 aromatic rings. The maximum absolute atomic E-state index is 12.7. The molecule has 0 bridgehead atoms. The van der Waals surface area contributed by atoms with Gasteiger partial charge >= 0.3 is 5.97 Å². The second-order valence-electron chi connectivity index (χ2n) is 7.03. The van der Waals surface area contributed by atoms with Crippen molar-refractivity contribution in [3.05, 3.63) is 90.1 Å². The van der Waals surface area contributed by atoms with Crippen molar-refractivity contribution in [1.29, 1.82) is 0 Å². The lowest BCUT2D eigenvalue weighted by atomic mass is 10.1. The molecule has 0 saturated carbocycles. The maximum atomic E-state index is 12.7. The van der Waals surface area contributed by atoms with E-state index in [1.54, 1.807) is 30.3 Å². The van der Waals surface area contributed by atoms with E-state index in [9.17, 15) is 4.79 Å². The number of benzene rings is 3. The minimum Gasteiger partial charge on any atom is -0.486 e. The molecule has 1 aliphatic heterocycles. The molecule has 160 valence electrons. The summed E-state index contributed by atoms with van der Waals surface area (Å²) in [4.78, 5) is 12.7. The summed E-state index contributed by atoms with van der Waals surface area (Å²) in [5, 5.41) is 4.00. The summed E-state index contributed by atoms with van der Waals surface area (Å²) in [6, 6.07) is 23.4. The van der Waals surface area contributed by atoms with Crippen LogP contribution >= 0.6 is 0 Å². The van der Waals surface area contributed by atoms with Gasteiger partial charge in [-0.1, -0.05) is 35.5 Å². The molecule has 0 spiro atoms. The van der Waals surface area contributed by atoms with E-state index < -0.39 is 5.97 Å². The predicted molar refractivity (Wildman–Crippen MR) is 115 cm³/mol. The molecule has 0 aliphatic carbocycles. The average Bonchev–Trinajstić information content (AvgIpc) is 3.32. The van der Waals surface area contributed by atoms with E-state index in [0.29, 0.717) is 53.2 Å². The molecule has 7 heteroatoms. The van der Waals surface area contributed by atoms with Crippen LogP contribution in [0.4, 0.5) is 0 Å². The third-order valence-electron chi connectivity index (χ3n) is 4.81. The van der Waals surface area contributed by atoms with Crippen LogP contribution in [0.3, 0.4) is 0 Å². The van der Waals surface area contributed by atoms with Crippen LogP contribution in [0.25, 0.3) is 11.3 Å². The lowest BCUT2D eigenvalue weighted by Gasteiger charge is -2.18. The Hall–Kier alpha value is -4.26. The molecule has 0 fully saturated rings. The number of nitrogens with zero attached hydrogens (tertiary/aromatic N) is 1. The zero-order valence-corrected chi connectivity index (χ0v) is 17.0. The summed E-state index contributed by atoms with van der Waals surface area (Å²) in [5.74, 6) is 2.44. The maximum Gasteiger partial charge on any atom is 0.342 e. The van der Waals surface area contributed by atoms with Gasteiger partial charge in [0.2, 0.25) is 0 Å². The highest BCUT2D eigenvalue weighted by atomic mass is 16.6. The monoisotopic (exact) mass is 429 g/mol. The van der Waals surface area contributed by atoms with Crippen LogP contribution in [-0.2, 0) is 11.3 Å². The highest BCUT2D eigenvalue weighted by Gasteiger charge is 2.17. The van der Waals surface area contributed by atoms with Crippen molar-refractivity contribution in [3.8, 4) is 34.3 Å². The number of aromatic nitrogens is 1. The smallest absolute Gasteiger partial charge is 0.342 e. The summed E-state index contributed by atoms with van der Waals surface area (Å²) in [6.07, 6.45) is 0. The molecule has 5 rings (SSSR count). The number of fused-ring (bicyclic) bond motifs is 1. The largest absolute Gasteiger partial charge is 0.486 e. The van der Waals surface area contributed by atoms with Crippen LogP contribution in [0.15, 0.2) is 83.4 Å². The first-order valence-electron chi connectivity index (χ1n) is 10.1. The van der Waals surface area contributed by atoms with Gasteiger partial charge in [-0.15, -0.1) is 0 Å². The van der Waals surface area contributed by atoms with Crippen molar-refractivity contribution < 1.29 is 28.3 Å². The normalized spacial score (nSPS) is 12.2. The van der Waals surface area contributed by atoms with Gasteiger partial charge in [0, 0.05) is 11.6 Å². The van der Waals surface area contributed by atoms with E-state index in [-0.39, 0.29) is 6.61 Å². The molecule has 1 aliphatic rings. The molecule has 1 aromatic heterocycles. The van der Waals surface area contributed by atoms with Crippen LogP contribution in [-0.4, -0.2) is 24.3 Å². The summed E-state index contributed by atoms with van der Waals surface area (Å²) >= 11 is 0. The van der Waals surface area contributed by atoms with E-state index in [2.05, 4.69) is 5.16 Å². The van der Waals surface area contributed by atoms with Crippen LogP contribution in [0.1, 0.15) is 16.1 Å². The lowest BCUT2D eigenvalue weighted by Crippen LogP contribution is -2.15. The second kappa shape index (κ2) is 8.85. The zero-order valence-electron chi connectivity index (χ0n) is 17.0. The number of carbonyl (C=O) groups excluding carboxylic acids is 1. The number of hydrogen-bond donors (Lipinski definition) is 0. The Bertz CT molecular complexity index is 1230. The van der Waals surface area contributed by atoms with Gasteiger partial charge in [-0.2, -0.15) is 0 Å². The molecule has 2 heterocycles. The number of para-hydroxylation sites is 2. The van der Waals surface area contributed by atoms with E-state index >= 15 is 0 Å². The molecular weight excluding hydrogens is 410 g/mol. The molecule has 0 radical (unpaired) electrons. The number of esters is 1. The van der Waals surface area contributed by atoms with Crippen molar-refractivity contribution in [3.63, 3.8) is 0 Å². The molecule has 0 saturated heterocycles. The average molecular weight is 429 g/mol. The molecule has 0 N–H and O–H groups in total. The lowest BCUT2D eigenvalue weighted by molar-refractivity contribution is 0.0461. The van der Waals surface area contributed by atoms with Gasteiger partial charge in [-0.05, 0) is 42.5 Å². The minimum absolute atomic E-state index is 0.0352. The van der Waals surface area contributed by atoms with Crippen LogP contribution < -0.4 is 14.2 Å². The first kappa shape index (κ1) is 19.7. The van der Waals surface area contributed by atoms with Gasteiger partial charge in [0.15, 0.2) is 17.3 Å². The fourth-order valence-electron chi connectivity index (χ4n) is 3.27. The highest BCUT2D eigenvalue weighted by Crippen LogP contribution is 2.34. The third-order valence-corrected chi connectivity index (χ3v) is 4.81. The number of carbonyl (C=O) groups is 1. The summed E-state index contributed by atoms with van der Waals surface area (Å²) in [7, 11) is 0. The highest BCUT2D eigenvalue weighted by molar-refractivity contribution is 5.92. The van der Waals surface area contributed by atoms with Gasteiger partial charge in [0.25, 0.3) is 0 Å². The minimum atomic E-state index is -0.514. The Morgan fingerprint density at radius 2 is 1.66 bits per heavy atom. The first-order chi connectivity index (χ1) is 15.8. The molecule has 32 heavy (non-hydrogen) atoms. The standard InChI is InChI=1S/C25H19NO6/c27-25(20-8-4-5-9-21(20)31-19-6-2-1-3-7-19)30-16-18-15-23(32-26-18)17-10-11-22-24(14-17)29-13-12-28-22/h1-11,14-15H,12-13,16H2. The second-order valence-corrected chi connectivity index (χ2v) is 7.03. The van der Waals surface area contributed by atoms with Gasteiger partial charge in [0.05, 0.1) is 0 Å². The molecule has 0 unspecified atom stereocenters. The molecule has 0 atom stereocenters. The van der Waals surface area contributed by atoms with Crippen molar-refractivity contribution in [1.82, 2.24) is 5.16 Å². The molecule has 3 aromatic carbocycles. The molecule has 0 amide bonds. The van der Waals surface area contributed by atoms with Crippen molar-refractivity contribution in [2.24, 2.45) is 0 Å². The SMILES string of the molecule is O=C(OCc1cc(-c2ccc3c(c2)OCCO3)on1)c1ccccc1Oc1ccccc1. The number of hydrogen-bond acceptors (Lipinski definition) is 7. The summed E-state index contributed by atoms with van der Waals surface area (Å²) < 4.78 is 27.8. The Morgan fingerprint density at radius 1 is 0.875 bits per heavy atom. The van der Waals surface area contributed by atoms with Crippen molar-refractivity contribution >= 4 is 5.97 Å². The number of ether oxygens (including phenoxy) is 4. The zero-order chi connectivity index (χ0) is 21.8. The fourth-order valence-corrected chi connectivity index (χ4v) is 3.27. The number of rotatable bonds is 6. The van der Waals surface area contributed by atoms with Gasteiger partial charge in [0.1, 0.15) is 42.6 Å². The van der Waals surface area contributed by atoms with Crippen molar-refractivity contribution in [2.45, 2.75) is 6.61 Å². The Morgan fingerprint density at radius 3 is 2.53 bits per heavy atom. The van der Waals surface area contributed by atoms with Crippen molar-refractivity contribution in [2.75, 3.05) is 13.2 Å². The van der Waals surface area contributed by atoms with Crippen LogP contribution in [0.5, 0.6) is 23.0 Å². The Kier molecular flexibility index (Phi) is 5.45. The fraction of sp³-hybridized carbons (Fsp3) is 0.120. The van der Waals surface area contributed by atoms with E-state index in [1.165, 1.54) is 0 Å². The topological polar surface area (TPSA) is 80.0 Å². The first-order valence-corrected chi connectivity index (χ1v) is 10.1. The molecular formula is C25H19NO6. The predicted octanol–water partition coefficient (Wildman–Crippen LogP) is 5.26. The van der Waals surface area contributed by atoms with Gasteiger partial charge in [-0.25, -0.2) is 4.79 Å². The molecule has 7 nitrogen and oxygen atoms in total. The van der Waals surface area contributed by atoms with Crippen LogP contribution in [0.2, 0.25) is 0 Å². The quantitative estimate of drug-likeness (QED) is 0.387. The van der Waals surface area contributed by atoms with E-state index in [0.717, 1.165) is 5.56 Å². The Balaban J connectivity index is 1.26. The van der Waals surface area contributed by atoms with Gasteiger partial charge < -0.3 is 23.5 Å². The third kappa shape index (κ3) is 4.27. The van der Waals surface area contributed by atoms with Crippen LogP contribution in [0, 0.1) is 0 Å². The Labute approximate surface area is 184 Å². The van der Waals surface area contributed by atoms with Gasteiger partial charge in [-0.3, -0.25) is 0 Å². The summed E-state index contributed by atoms with van der Waals surface area (Å²) in [6.45, 7) is 1.000.